The number of epoxide rings is 1. The Bertz CT molecular complexity index is 1530. The van der Waals surface area contributed by atoms with Crippen LogP contribution in [0.5, 0.6) is 5.75 Å². The van der Waals surface area contributed by atoms with Crippen molar-refractivity contribution < 1.29 is 43.2 Å². The number of aliphatic hydroxyl groups is 1. The Morgan fingerprint density at radius 2 is 2.00 bits per heavy atom. The predicted octanol–water partition coefficient (Wildman–Crippen LogP) is 4.30. The molecule has 262 valence electrons. The standard InChI is InChI=1S/C35H45ClN2O9S/c1-19-8-7-9-27(44-6)35(42)17-22(15-29(39)37-35)20(2)32-34(3,47-32)28(46-33(41)25-11-10-23(18-48)45-25)16-30(40)38(4)24-13-21(12-19)14-26(43-5)31(24)36/h7-9,11,13-14,20,22-23,27-28,32,42,48H,10,12,15-18H2,1-6H3,(H,37,39)/b9-7+,19-8+. The first-order valence-electron chi connectivity index (χ1n) is 16.1. The molecule has 8 atom stereocenters. The molecule has 0 aromatic heterocycles. The lowest BCUT2D eigenvalue weighted by Crippen LogP contribution is -2.61. The Morgan fingerprint density at radius 3 is 2.67 bits per heavy atom. The highest BCUT2D eigenvalue weighted by atomic mass is 35.5. The highest BCUT2D eigenvalue weighted by Gasteiger charge is 2.64. The summed E-state index contributed by atoms with van der Waals surface area (Å²) in [6.45, 7) is 5.69. The zero-order valence-electron chi connectivity index (χ0n) is 28.2. The Balaban J connectivity index is 1.55. The Hall–Kier alpha value is -3.03. The van der Waals surface area contributed by atoms with E-state index in [-0.39, 0.29) is 59.8 Å². The van der Waals surface area contributed by atoms with Crippen molar-refractivity contribution in [2.24, 2.45) is 11.8 Å². The fourth-order valence-electron chi connectivity index (χ4n) is 6.99. The summed E-state index contributed by atoms with van der Waals surface area (Å²) in [6.07, 6.45) is 5.62. The van der Waals surface area contributed by atoms with Gasteiger partial charge in [0, 0.05) is 39.2 Å². The molecule has 2 saturated heterocycles. The normalized spacial score (nSPS) is 35.7. The molecule has 8 unspecified atom stereocenters. The van der Waals surface area contributed by atoms with Gasteiger partial charge in [0.25, 0.3) is 0 Å². The first-order chi connectivity index (χ1) is 22.7. The second-order valence-electron chi connectivity index (χ2n) is 13.4. The van der Waals surface area contributed by atoms with Crippen molar-refractivity contribution in [1.29, 1.82) is 0 Å². The van der Waals surface area contributed by atoms with Crippen LogP contribution in [0.2, 0.25) is 5.02 Å². The second-order valence-corrected chi connectivity index (χ2v) is 14.1. The molecule has 1 aromatic carbocycles. The summed E-state index contributed by atoms with van der Waals surface area (Å²) in [5.41, 5.74) is -0.501. The molecule has 2 amide bonds. The number of allylic oxidation sites excluding steroid dienone is 3. The summed E-state index contributed by atoms with van der Waals surface area (Å²) in [4.78, 5) is 41.8. The van der Waals surface area contributed by atoms with E-state index < -0.39 is 35.6 Å². The molecule has 13 heteroatoms. The number of benzene rings is 1. The van der Waals surface area contributed by atoms with Gasteiger partial charge < -0.3 is 39.0 Å². The number of esters is 1. The summed E-state index contributed by atoms with van der Waals surface area (Å²) in [7, 11) is 4.60. The topological polar surface area (TPSA) is 136 Å². The fraction of sp³-hybridized carbons (Fsp3) is 0.571. The summed E-state index contributed by atoms with van der Waals surface area (Å²) in [6, 6.07) is 3.64. The number of hydrogen-bond donors (Lipinski definition) is 3. The molecule has 1 aromatic rings. The molecule has 11 nitrogen and oxygen atoms in total. The number of ether oxygens (including phenoxy) is 5. The highest BCUT2D eigenvalue weighted by molar-refractivity contribution is 7.80. The van der Waals surface area contributed by atoms with Crippen molar-refractivity contribution in [3.05, 3.63) is 58.4 Å². The van der Waals surface area contributed by atoms with E-state index in [1.807, 2.05) is 32.1 Å². The third-order valence-corrected chi connectivity index (χ3v) is 10.7. The van der Waals surface area contributed by atoms with Crippen LogP contribution in [0.1, 0.15) is 52.0 Å². The number of hydrogen-bond acceptors (Lipinski definition) is 10. The predicted molar refractivity (Wildman–Crippen MR) is 183 cm³/mol. The van der Waals surface area contributed by atoms with E-state index in [2.05, 4.69) is 17.9 Å². The minimum Gasteiger partial charge on any atom is -0.495 e. The average molecular weight is 705 g/mol. The van der Waals surface area contributed by atoms with E-state index >= 15 is 0 Å². The number of amides is 2. The molecule has 4 aliphatic heterocycles. The quantitative estimate of drug-likeness (QED) is 0.233. The van der Waals surface area contributed by atoms with Gasteiger partial charge in [-0.25, -0.2) is 4.79 Å². The molecule has 0 aliphatic carbocycles. The first-order valence-corrected chi connectivity index (χ1v) is 17.1. The number of carbonyl (C=O) groups excluding carboxylic acids is 3. The van der Waals surface area contributed by atoms with E-state index in [0.29, 0.717) is 30.0 Å². The van der Waals surface area contributed by atoms with Gasteiger partial charge in [-0.15, -0.1) is 0 Å². The third kappa shape index (κ3) is 7.42. The van der Waals surface area contributed by atoms with Crippen LogP contribution in [0.25, 0.3) is 0 Å². The van der Waals surface area contributed by atoms with Crippen molar-refractivity contribution in [2.75, 3.05) is 31.9 Å². The maximum atomic E-state index is 14.0. The number of carbonyl (C=O) groups is 3. The van der Waals surface area contributed by atoms with Gasteiger partial charge in [0.05, 0.1) is 25.3 Å². The summed E-state index contributed by atoms with van der Waals surface area (Å²) in [5.74, 6) is -1.05. The van der Waals surface area contributed by atoms with Crippen LogP contribution >= 0.6 is 24.2 Å². The molecule has 0 radical (unpaired) electrons. The second kappa shape index (κ2) is 14.4. The van der Waals surface area contributed by atoms with E-state index in [1.54, 1.807) is 32.2 Å². The molecule has 4 heterocycles. The number of rotatable bonds is 5. The number of thiol groups is 1. The third-order valence-electron chi connectivity index (χ3n) is 9.91. The van der Waals surface area contributed by atoms with Crippen LogP contribution in [0.4, 0.5) is 5.69 Å². The zero-order valence-corrected chi connectivity index (χ0v) is 29.8. The van der Waals surface area contributed by atoms with Crippen molar-refractivity contribution in [3.63, 3.8) is 0 Å². The Labute approximate surface area is 292 Å². The van der Waals surface area contributed by atoms with Crippen LogP contribution in [-0.4, -0.2) is 85.7 Å². The molecule has 0 saturated carbocycles. The summed E-state index contributed by atoms with van der Waals surface area (Å²) in [5, 5.41) is 14.7. The van der Waals surface area contributed by atoms with Crippen molar-refractivity contribution in [3.8, 4) is 5.75 Å². The smallest absolute Gasteiger partial charge is 0.373 e. The maximum Gasteiger partial charge on any atom is 0.373 e. The van der Waals surface area contributed by atoms with Crippen LogP contribution in [0, 0.1) is 11.8 Å². The number of halogens is 1. The Kier molecular flexibility index (Phi) is 10.9. The van der Waals surface area contributed by atoms with E-state index in [1.165, 1.54) is 19.1 Å². The molecule has 4 aliphatic rings. The lowest BCUT2D eigenvalue weighted by atomic mass is 9.75. The average Bonchev–Trinajstić information content (AvgIpc) is 3.50. The lowest BCUT2D eigenvalue weighted by molar-refractivity contribution is -0.155. The molecule has 2 fully saturated rings. The van der Waals surface area contributed by atoms with Gasteiger partial charge in [-0.05, 0) is 55.9 Å². The largest absolute Gasteiger partial charge is 0.495 e. The molecule has 48 heavy (non-hydrogen) atoms. The number of anilines is 1. The van der Waals surface area contributed by atoms with Crippen LogP contribution in [0.15, 0.2) is 47.8 Å². The van der Waals surface area contributed by atoms with Gasteiger partial charge >= 0.3 is 5.97 Å². The number of fused-ring (bicyclic) bond motifs is 5. The van der Waals surface area contributed by atoms with Crippen molar-refractivity contribution in [2.45, 2.75) is 88.6 Å². The lowest BCUT2D eigenvalue weighted by Gasteiger charge is -2.42. The monoisotopic (exact) mass is 704 g/mol. The van der Waals surface area contributed by atoms with Crippen molar-refractivity contribution in [1.82, 2.24) is 5.32 Å². The van der Waals surface area contributed by atoms with Crippen LogP contribution in [0.3, 0.4) is 0 Å². The summed E-state index contributed by atoms with van der Waals surface area (Å²) >= 11 is 11.0. The zero-order chi connectivity index (χ0) is 35.0. The Morgan fingerprint density at radius 1 is 1.25 bits per heavy atom. The first kappa shape index (κ1) is 36.3. The highest BCUT2D eigenvalue weighted by Crippen LogP contribution is 2.51. The SMILES string of the molecule is COc1cc2cc(c1Cl)N(C)C(=O)CC(OC(=O)C1=CCC(CS)O1)C1(C)OC1C(C)C1CC(=O)NC(O)(C1)C(OC)/C=C/C=C(\C)C2. The molecule has 0 spiro atoms. The van der Waals surface area contributed by atoms with Gasteiger partial charge in [-0.3, -0.25) is 9.59 Å². The van der Waals surface area contributed by atoms with E-state index in [4.69, 9.17) is 35.3 Å². The van der Waals surface area contributed by atoms with Crippen LogP contribution < -0.4 is 15.0 Å². The molecular weight excluding hydrogens is 660 g/mol. The maximum absolute atomic E-state index is 14.0. The van der Waals surface area contributed by atoms with E-state index in [0.717, 1.165) is 11.1 Å². The molecule has 4 bridgehead atoms. The summed E-state index contributed by atoms with van der Waals surface area (Å²) < 4.78 is 29.3. The van der Waals surface area contributed by atoms with Gasteiger partial charge in [0.2, 0.25) is 17.6 Å². The molecular formula is C35H45ClN2O9S. The van der Waals surface area contributed by atoms with E-state index in [9.17, 15) is 19.5 Å². The van der Waals surface area contributed by atoms with Gasteiger partial charge in [-0.2, -0.15) is 12.6 Å². The number of methoxy groups -OCH3 is 2. The van der Waals surface area contributed by atoms with Crippen LogP contribution in [-0.2, 0) is 39.8 Å². The number of piperidine rings is 1. The molecule has 2 N–H and O–H groups in total. The van der Waals surface area contributed by atoms with Gasteiger partial charge in [0.1, 0.15) is 34.7 Å². The minimum absolute atomic E-state index is 0.0656. The molecule has 5 rings (SSSR count). The van der Waals surface area contributed by atoms with Crippen molar-refractivity contribution >= 4 is 47.7 Å². The fourth-order valence-corrected chi connectivity index (χ4v) is 7.53. The number of nitrogens with one attached hydrogen (secondary N) is 1. The number of nitrogens with zero attached hydrogens (tertiary/aromatic N) is 1. The van der Waals surface area contributed by atoms with Gasteiger partial charge in [0.15, 0.2) is 5.72 Å². The van der Waals surface area contributed by atoms with Gasteiger partial charge in [-0.1, -0.05) is 42.3 Å². The minimum atomic E-state index is -1.67.